The Morgan fingerprint density at radius 1 is 1.00 bits per heavy atom. The Bertz CT molecular complexity index is 1040. The molecule has 3 atom stereocenters. The number of hydrogen-bond acceptors (Lipinski definition) is 7. The molecule has 3 rings (SSSR count). The second kappa shape index (κ2) is 19.7. The average molecular weight is 569 g/mol. The van der Waals surface area contributed by atoms with Crippen molar-refractivity contribution < 1.29 is 93.0 Å². The average Bonchev–Trinajstić information content (AvgIpc) is 3.42. The van der Waals surface area contributed by atoms with Crippen LogP contribution in [0.15, 0.2) is 60.7 Å². The number of likely N-dealkylation sites (tertiary alicyclic amines) is 1. The van der Waals surface area contributed by atoms with Crippen molar-refractivity contribution in [1.29, 1.82) is 0 Å². The van der Waals surface area contributed by atoms with Gasteiger partial charge in [0.15, 0.2) is 0 Å². The van der Waals surface area contributed by atoms with Gasteiger partial charge in [-0.15, -0.1) is 0 Å². The molecule has 0 bridgehead atoms. The standard InChI is InChI=1S/C27H34BN3O7.2Na/c1-37-17-9-15-24(28(35)36)30-25(32)23-14-8-16-31(23)26(33)22(18-20-10-4-2-5-11-20)29-27(34)38-19-21-12-6-3-7-13-21;;/h2-7,10-13,22-24H,8-9,14-19H2,1H3,(H,29,34)(H,30,32);;/q-2;2*+1/t22-,23+,24+;;/m1../s1. The number of alkyl carbamates (subject to hydrolysis) is 1. The smallest absolute Gasteiger partial charge is 0.892 e. The Hall–Kier alpha value is -1.41. The van der Waals surface area contributed by atoms with Crippen LogP contribution >= 0.6 is 0 Å². The van der Waals surface area contributed by atoms with E-state index < -0.39 is 43.1 Å². The van der Waals surface area contributed by atoms with E-state index >= 15 is 0 Å². The van der Waals surface area contributed by atoms with Gasteiger partial charge in [0.25, 0.3) is 0 Å². The summed E-state index contributed by atoms with van der Waals surface area (Å²) < 4.78 is 10.3. The molecule has 0 saturated carbocycles. The summed E-state index contributed by atoms with van der Waals surface area (Å²) in [6.07, 6.45) is 1.05. The number of hydrogen-bond donors (Lipinski definition) is 2. The first-order valence-electron chi connectivity index (χ1n) is 12.8. The summed E-state index contributed by atoms with van der Waals surface area (Å²) in [7, 11) is -0.730. The normalized spacial score (nSPS) is 15.6. The summed E-state index contributed by atoms with van der Waals surface area (Å²) in [5.74, 6) is -2.08. The van der Waals surface area contributed by atoms with Crippen LogP contribution in [0.5, 0.6) is 0 Å². The Balaban J connectivity index is 0.00000400. The third-order valence-electron chi connectivity index (χ3n) is 6.44. The van der Waals surface area contributed by atoms with E-state index in [1.165, 1.54) is 12.0 Å². The first-order chi connectivity index (χ1) is 18.4. The number of nitrogens with one attached hydrogen (secondary N) is 2. The Morgan fingerprint density at radius 3 is 2.23 bits per heavy atom. The number of carbonyl (C=O) groups is 3. The van der Waals surface area contributed by atoms with Gasteiger partial charge in [0.05, 0.1) is 0 Å². The van der Waals surface area contributed by atoms with Gasteiger partial charge in [-0.3, -0.25) is 9.59 Å². The molecule has 2 aromatic carbocycles. The summed E-state index contributed by atoms with van der Waals surface area (Å²) in [6, 6.07) is 16.6. The predicted octanol–water partition coefficient (Wildman–Crippen LogP) is -5.82. The molecule has 1 fully saturated rings. The molecular weight excluding hydrogens is 535 g/mol. The predicted molar refractivity (Wildman–Crippen MR) is 137 cm³/mol. The second-order valence-electron chi connectivity index (χ2n) is 9.26. The van der Waals surface area contributed by atoms with Crippen molar-refractivity contribution in [3.05, 3.63) is 71.8 Å². The summed E-state index contributed by atoms with van der Waals surface area (Å²) in [4.78, 5) is 40.7. The van der Waals surface area contributed by atoms with Crippen molar-refractivity contribution in [2.24, 2.45) is 0 Å². The molecule has 10 nitrogen and oxygen atoms in total. The fourth-order valence-corrected chi connectivity index (χ4v) is 4.46. The van der Waals surface area contributed by atoms with Gasteiger partial charge in [-0.2, -0.15) is 0 Å². The van der Waals surface area contributed by atoms with Gasteiger partial charge < -0.3 is 35.1 Å². The van der Waals surface area contributed by atoms with Gasteiger partial charge in [0.2, 0.25) is 11.8 Å². The summed E-state index contributed by atoms with van der Waals surface area (Å²) in [5, 5.41) is 28.5. The first-order valence-corrected chi connectivity index (χ1v) is 12.8. The van der Waals surface area contributed by atoms with Crippen molar-refractivity contribution in [2.75, 3.05) is 20.3 Å². The Kier molecular flexibility index (Phi) is 18.0. The molecule has 3 amide bonds. The molecule has 0 aliphatic carbocycles. The van der Waals surface area contributed by atoms with Crippen LogP contribution in [0.3, 0.4) is 0 Å². The van der Waals surface area contributed by atoms with Gasteiger partial charge in [-0.25, -0.2) is 4.79 Å². The molecule has 0 aromatic heterocycles. The van der Waals surface area contributed by atoms with Crippen LogP contribution in [-0.2, 0) is 32.1 Å². The van der Waals surface area contributed by atoms with E-state index in [9.17, 15) is 24.4 Å². The van der Waals surface area contributed by atoms with Crippen LogP contribution in [0.25, 0.3) is 0 Å². The summed E-state index contributed by atoms with van der Waals surface area (Å²) in [5.41, 5.74) is 1.63. The minimum Gasteiger partial charge on any atom is -0.892 e. The SMILES string of the molecule is COCCC[C@H](NC(=O)[C@@H]1CCCN1C(=O)[C@@H](Cc1ccccc1)NC(=O)OCc1ccccc1)B([O-])[O-].[Na+].[Na+]. The number of nitrogens with zero attached hydrogens (tertiary/aromatic N) is 1. The number of ether oxygens (including phenoxy) is 2. The molecule has 0 spiro atoms. The molecule has 1 saturated heterocycles. The van der Waals surface area contributed by atoms with E-state index in [2.05, 4.69) is 10.6 Å². The zero-order chi connectivity index (χ0) is 27.3. The maximum absolute atomic E-state index is 13.6. The molecule has 1 heterocycles. The minimum atomic E-state index is -2.24. The summed E-state index contributed by atoms with van der Waals surface area (Å²) in [6.45, 7) is 0.722. The molecule has 1 aliphatic rings. The van der Waals surface area contributed by atoms with Gasteiger partial charge in [-0.1, -0.05) is 67.8 Å². The van der Waals surface area contributed by atoms with Crippen molar-refractivity contribution in [2.45, 2.75) is 56.7 Å². The van der Waals surface area contributed by atoms with Gasteiger partial charge >= 0.3 is 65.2 Å². The van der Waals surface area contributed by atoms with Crippen LogP contribution < -0.4 is 79.8 Å². The second-order valence-corrected chi connectivity index (χ2v) is 9.26. The fourth-order valence-electron chi connectivity index (χ4n) is 4.46. The number of benzene rings is 2. The molecule has 2 N–H and O–H groups in total. The quantitative estimate of drug-likeness (QED) is 0.181. The van der Waals surface area contributed by atoms with E-state index in [0.29, 0.717) is 32.4 Å². The molecule has 13 heteroatoms. The number of rotatable bonds is 13. The zero-order valence-corrected chi connectivity index (χ0v) is 27.5. The van der Waals surface area contributed by atoms with Crippen LogP contribution in [-0.4, -0.2) is 68.2 Å². The van der Waals surface area contributed by atoms with Gasteiger partial charge in [0.1, 0.15) is 18.7 Å². The Labute approximate surface area is 280 Å². The van der Waals surface area contributed by atoms with Gasteiger partial charge in [-0.05, 0) is 42.8 Å². The number of amides is 3. The molecule has 0 unspecified atom stereocenters. The topological polar surface area (TPSA) is 143 Å². The number of methoxy groups -OCH3 is 1. The molecule has 1 aliphatic heterocycles. The molecular formula is C27H34BN3Na2O7. The monoisotopic (exact) mass is 569 g/mol. The van der Waals surface area contributed by atoms with E-state index in [4.69, 9.17) is 9.47 Å². The largest absolute Gasteiger partial charge is 1.00 e. The third-order valence-corrected chi connectivity index (χ3v) is 6.44. The first kappa shape index (κ1) is 36.6. The van der Waals surface area contributed by atoms with Crippen LogP contribution in [0.1, 0.15) is 36.8 Å². The van der Waals surface area contributed by atoms with E-state index in [0.717, 1.165) is 11.1 Å². The maximum Gasteiger partial charge on any atom is 1.00 e. The minimum absolute atomic E-state index is 0. The molecule has 40 heavy (non-hydrogen) atoms. The van der Waals surface area contributed by atoms with Crippen LogP contribution in [0.4, 0.5) is 4.79 Å². The van der Waals surface area contributed by atoms with E-state index in [1.54, 1.807) is 0 Å². The Morgan fingerprint density at radius 2 is 1.62 bits per heavy atom. The molecule has 2 aromatic rings. The van der Waals surface area contributed by atoms with Crippen LogP contribution in [0.2, 0.25) is 0 Å². The van der Waals surface area contributed by atoms with Gasteiger partial charge in [0, 0.05) is 26.7 Å². The van der Waals surface area contributed by atoms with Crippen LogP contribution in [0, 0.1) is 0 Å². The van der Waals surface area contributed by atoms with E-state index in [1.807, 2.05) is 60.7 Å². The number of carbonyl (C=O) groups excluding carboxylic acids is 3. The van der Waals surface area contributed by atoms with Crippen molar-refractivity contribution in [3.8, 4) is 0 Å². The molecule has 204 valence electrons. The van der Waals surface area contributed by atoms with Crippen molar-refractivity contribution >= 4 is 25.0 Å². The third kappa shape index (κ3) is 11.8. The summed E-state index contributed by atoms with van der Waals surface area (Å²) >= 11 is 0. The molecule has 0 radical (unpaired) electrons. The van der Waals surface area contributed by atoms with E-state index in [-0.39, 0.29) is 78.6 Å². The van der Waals surface area contributed by atoms with Crippen molar-refractivity contribution in [3.63, 3.8) is 0 Å². The van der Waals surface area contributed by atoms with Crippen molar-refractivity contribution in [1.82, 2.24) is 15.5 Å². The zero-order valence-electron chi connectivity index (χ0n) is 23.5. The maximum atomic E-state index is 13.6. The fraction of sp³-hybridized carbons (Fsp3) is 0.444.